The minimum atomic E-state index is -3.25. The molecular formula is C19H22O5S. The first-order valence-corrected chi connectivity index (χ1v) is 9.89. The lowest BCUT2D eigenvalue weighted by Crippen LogP contribution is -2.10. The Hall–Kier alpha value is -2.34. The van der Waals surface area contributed by atoms with E-state index < -0.39 is 9.84 Å². The summed E-state index contributed by atoms with van der Waals surface area (Å²) in [6, 6.07) is 11.2. The standard InChI is InChI=1S/C19H22O5S/c1-5-13(2)23-17-10-15(14(3)20)11-18(12-17)24-16-6-8-19(9-7-16)25(4,21)22/h6-13H,5H2,1-4H3/t13-/m0/s1. The highest BCUT2D eigenvalue weighted by molar-refractivity contribution is 7.90. The van der Waals surface area contributed by atoms with E-state index in [2.05, 4.69) is 0 Å². The van der Waals surface area contributed by atoms with Crippen molar-refractivity contribution in [3.63, 3.8) is 0 Å². The average Bonchev–Trinajstić information content (AvgIpc) is 2.54. The number of carbonyl (C=O) groups excluding carboxylic acids is 1. The molecule has 6 heteroatoms. The van der Waals surface area contributed by atoms with Crippen molar-refractivity contribution < 1.29 is 22.7 Å². The number of benzene rings is 2. The zero-order chi connectivity index (χ0) is 18.6. The molecule has 5 nitrogen and oxygen atoms in total. The average molecular weight is 362 g/mol. The fraction of sp³-hybridized carbons (Fsp3) is 0.316. The molecule has 2 rings (SSSR count). The highest BCUT2D eigenvalue weighted by atomic mass is 32.2. The van der Waals surface area contributed by atoms with Crippen LogP contribution in [0.25, 0.3) is 0 Å². The van der Waals surface area contributed by atoms with Gasteiger partial charge in [-0.15, -0.1) is 0 Å². The van der Waals surface area contributed by atoms with E-state index in [1.165, 1.54) is 19.1 Å². The second kappa shape index (κ2) is 7.70. The molecule has 1 atom stereocenters. The van der Waals surface area contributed by atoms with E-state index in [-0.39, 0.29) is 16.8 Å². The fourth-order valence-electron chi connectivity index (χ4n) is 2.11. The van der Waals surface area contributed by atoms with Crippen LogP contribution < -0.4 is 9.47 Å². The lowest BCUT2D eigenvalue weighted by Gasteiger charge is -2.15. The summed E-state index contributed by atoms with van der Waals surface area (Å²) >= 11 is 0. The largest absolute Gasteiger partial charge is 0.491 e. The highest BCUT2D eigenvalue weighted by Gasteiger charge is 2.11. The molecule has 0 bridgehead atoms. The van der Waals surface area contributed by atoms with E-state index >= 15 is 0 Å². The van der Waals surface area contributed by atoms with Crippen molar-refractivity contribution in [1.82, 2.24) is 0 Å². The van der Waals surface area contributed by atoms with E-state index in [4.69, 9.17) is 9.47 Å². The molecule has 134 valence electrons. The first kappa shape index (κ1) is 19.0. The molecule has 0 aliphatic heterocycles. The molecule has 0 radical (unpaired) electrons. The number of ether oxygens (including phenoxy) is 2. The van der Waals surface area contributed by atoms with E-state index in [9.17, 15) is 13.2 Å². The predicted octanol–water partition coefficient (Wildman–Crippen LogP) is 4.26. The van der Waals surface area contributed by atoms with Gasteiger partial charge >= 0.3 is 0 Å². The maximum atomic E-state index is 11.7. The van der Waals surface area contributed by atoms with Crippen molar-refractivity contribution in [1.29, 1.82) is 0 Å². The minimum absolute atomic E-state index is 0.0177. The highest BCUT2D eigenvalue weighted by Crippen LogP contribution is 2.29. The first-order chi connectivity index (χ1) is 11.7. The Morgan fingerprint density at radius 2 is 1.64 bits per heavy atom. The topological polar surface area (TPSA) is 69.7 Å². The summed E-state index contributed by atoms with van der Waals surface area (Å²) in [6.07, 6.45) is 2.01. The molecule has 2 aromatic rings. The van der Waals surface area contributed by atoms with Crippen LogP contribution in [-0.2, 0) is 9.84 Å². The Morgan fingerprint density at radius 3 is 2.16 bits per heavy atom. The third kappa shape index (κ3) is 5.32. The maximum Gasteiger partial charge on any atom is 0.175 e. The Bertz CT molecular complexity index is 854. The summed E-state index contributed by atoms with van der Waals surface area (Å²) in [5.74, 6) is 1.40. The zero-order valence-electron chi connectivity index (χ0n) is 14.8. The molecular weight excluding hydrogens is 340 g/mol. The smallest absolute Gasteiger partial charge is 0.175 e. The van der Waals surface area contributed by atoms with Crippen molar-refractivity contribution in [2.24, 2.45) is 0 Å². The van der Waals surface area contributed by atoms with Crippen LogP contribution in [0.2, 0.25) is 0 Å². The van der Waals surface area contributed by atoms with Crippen molar-refractivity contribution in [2.75, 3.05) is 6.26 Å². The number of carbonyl (C=O) groups is 1. The van der Waals surface area contributed by atoms with Crippen LogP contribution in [0.5, 0.6) is 17.2 Å². The van der Waals surface area contributed by atoms with E-state index in [1.807, 2.05) is 13.8 Å². The molecule has 0 aromatic heterocycles. The Kier molecular flexibility index (Phi) is 5.85. The van der Waals surface area contributed by atoms with Crippen LogP contribution in [0.15, 0.2) is 47.4 Å². The minimum Gasteiger partial charge on any atom is -0.491 e. The molecule has 0 aliphatic carbocycles. The molecule has 0 amide bonds. The van der Waals surface area contributed by atoms with Crippen LogP contribution in [0.1, 0.15) is 37.6 Å². The van der Waals surface area contributed by atoms with Crippen LogP contribution in [0, 0.1) is 0 Å². The van der Waals surface area contributed by atoms with Gasteiger partial charge < -0.3 is 9.47 Å². The van der Waals surface area contributed by atoms with Gasteiger partial charge in [0.1, 0.15) is 17.2 Å². The normalized spacial score (nSPS) is 12.5. The van der Waals surface area contributed by atoms with Gasteiger partial charge in [-0.2, -0.15) is 0 Å². The van der Waals surface area contributed by atoms with Gasteiger partial charge in [0.15, 0.2) is 15.6 Å². The fourth-order valence-corrected chi connectivity index (χ4v) is 2.74. The third-order valence-corrected chi connectivity index (χ3v) is 4.81. The summed E-state index contributed by atoms with van der Waals surface area (Å²) in [7, 11) is -3.25. The van der Waals surface area contributed by atoms with Crippen molar-refractivity contribution >= 4 is 15.6 Å². The number of sulfone groups is 1. The van der Waals surface area contributed by atoms with Gasteiger partial charge in [0.2, 0.25) is 0 Å². The summed E-state index contributed by atoms with van der Waals surface area (Å²) in [5.41, 5.74) is 0.489. The molecule has 0 fully saturated rings. The molecule has 2 aromatic carbocycles. The van der Waals surface area contributed by atoms with Crippen LogP contribution in [0.3, 0.4) is 0 Å². The summed E-state index contributed by atoms with van der Waals surface area (Å²) in [4.78, 5) is 12.0. The van der Waals surface area contributed by atoms with Crippen LogP contribution in [0.4, 0.5) is 0 Å². The first-order valence-electron chi connectivity index (χ1n) is 7.99. The summed E-state index contributed by atoms with van der Waals surface area (Å²) < 4.78 is 34.6. The Morgan fingerprint density at radius 1 is 1.04 bits per heavy atom. The van der Waals surface area contributed by atoms with Crippen LogP contribution in [-0.4, -0.2) is 26.6 Å². The maximum absolute atomic E-state index is 11.7. The van der Waals surface area contributed by atoms with Gasteiger partial charge in [-0.25, -0.2) is 8.42 Å². The van der Waals surface area contributed by atoms with E-state index in [0.717, 1.165) is 12.7 Å². The molecule has 0 heterocycles. The van der Waals surface area contributed by atoms with Gasteiger partial charge in [-0.3, -0.25) is 4.79 Å². The van der Waals surface area contributed by atoms with Crippen molar-refractivity contribution in [2.45, 2.75) is 38.2 Å². The third-order valence-electron chi connectivity index (χ3n) is 3.69. The number of Topliss-reactive ketones (excluding diaryl/α,β-unsaturated/α-hetero) is 1. The monoisotopic (exact) mass is 362 g/mol. The summed E-state index contributed by atoms with van der Waals surface area (Å²) in [6.45, 7) is 5.44. The molecule has 0 saturated heterocycles. The second-order valence-corrected chi connectivity index (χ2v) is 7.95. The second-order valence-electron chi connectivity index (χ2n) is 5.93. The number of ketones is 1. The number of hydrogen-bond donors (Lipinski definition) is 0. The molecule has 0 N–H and O–H groups in total. The molecule has 25 heavy (non-hydrogen) atoms. The van der Waals surface area contributed by atoms with E-state index in [0.29, 0.717) is 22.8 Å². The van der Waals surface area contributed by atoms with E-state index in [1.54, 1.807) is 30.3 Å². The zero-order valence-corrected chi connectivity index (χ0v) is 15.6. The number of rotatable bonds is 7. The van der Waals surface area contributed by atoms with Gasteiger partial charge in [-0.05, 0) is 56.7 Å². The lowest BCUT2D eigenvalue weighted by molar-refractivity contribution is 0.101. The molecule has 0 aliphatic rings. The Balaban J connectivity index is 2.30. The SMILES string of the molecule is CC[C@H](C)Oc1cc(Oc2ccc(S(C)(=O)=O)cc2)cc(C(C)=O)c1. The number of hydrogen-bond acceptors (Lipinski definition) is 5. The van der Waals surface area contributed by atoms with Crippen molar-refractivity contribution in [3.05, 3.63) is 48.0 Å². The summed E-state index contributed by atoms with van der Waals surface area (Å²) in [5, 5.41) is 0. The molecule has 0 spiro atoms. The van der Waals surface area contributed by atoms with Gasteiger partial charge in [-0.1, -0.05) is 6.92 Å². The molecule has 0 saturated carbocycles. The Labute approximate surface area is 148 Å². The van der Waals surface area contributed by atoms with Gasteiger partial charge in [0.25, 0.3) is 0 Å². The van der Waals surface area contributed by atoms with Gasteiger partial charge in [0, 0.05) is 17.9 Å². The van der Waals surface area contributed by atoms with Crippen molar-refractivity contribution in [3.8, 4) is 17.2 Å². The van der Waals surface area contributed by atoms with Crippen LogP contribution >= 0.6 is 0 Å². The predicted molar refractivity (Wildman–Crippen MR) is 96.5 cm³/mol. The quantitative estimate of drug-likeness (QED) is 0.688. The van der Waals surface area contributed by atoms with Gasteiger partial charge in [0.05, 0.1) is 11.0 Å². The molecule has 0 unspecified atom stereocenters. The lowest BCUT2D eigenvalue weighted by atomic mass is 10.1.